The fraction of sp³-hybridized carbons (Fsp3) is 0.400. The van der Waals surface area contributed by atoms with Crippen LogP contribution in [0.1, 0.15) is 39.2 Å². The van der Waals surface area contributed by atoms with Crippen LogP contribution >= 0.6 is 0 Å². The molecule has 0 atom stereocenters. The van der Waals surface area contributed by atoms with Crippen LogP contribution in [0, 0.1) is 11.7 Å². The van der Waals surface area contributed by atoms with Crippen molar-refractivity contribution in [1.82, 2.24) is 4.98 Å². The van der Waals surface area contributed by atoms with E-state index in [1.54, 1.807) is 0 Å². The molecule has 1 aromatic heterocycles. The number of hydrogen-bond acceptors (Lipinski definition) is 3. The minimum absolute atomic E-state index is 0.000532. The summed E-state index contributed by atoms with van der Waals surface area (Å²) in [5.74, 6) is -1.73. The van der Waals surface area contributed by atoms with Crippen molar-refractivity contribution in [3.8, 4) is 16.9 Å². The topological polar surface area (TPSA) is 51.2 Å². The molecule has 0 aliphatic carbocycles. The number of anilines is 1. The molecule has 8 heteroatoms. The van der Waals surface area contributed by atoms with Gasteiger partial charge in [-0.3, -0.25) is 4.79 Å². The molecule has 0 aliphatic rings. The first-order valence-corrected chi connectivity index (χ1v) is 8.85. The van der Waals surface area contributed by atoms with Gasteiger partial charge in [0.15, 0.2) is 11.6 Å². The SMILES string of the molecule is CC(=O)Nc1cc(-c2cc(F)c(OCCCC(C)C)c(C(F)(F)F)c2)ccn1. The van der Waals surface area contributed by atoms with Gasteiger partial charge in [-0.2, -0.15) is 13.2 Å². The Balaban J connectivity index is 2.38. The number of benzene rings is 1. The molecule has 0 aliphatic heterocycles. The molecule has 4 nitrogen and oxygen atoms in total. The molecule has 152 valence electrons. The fourth-order valence-electron chi connectivity index (χ4n) is 2.64. The van der Waals surface area contributed by atoms with Gasteiger partial charge in [0.2, 0.25) is 5.91 Å². The smallest absolute Gasteiger partial charge is 0.420 e. The average molecular weight is 398 g/mol. The number of nitrogens with one attached hydrogen (secondary N) is 1. The van der Waals surface area contributed by atoms with Crippen molar-refractivity contribution in [2.45, 2.75) is 39.8 Å². The number of rotatable bonds is 7. The van der Waals surface area contributed by atoms with E-state index in [2.05, 4.69) is 10.3 Å². The normalized spacial score (nSPS) is 11.6. The van der Waals surface area contributed by atoms with E-state index in [1.165, 1.54) is 25.3 Å². The third-order valence-electron chi connectivity index (χ3n) is 3.92. The molecule has 0 unspecified atom stereocenters. The largest absolute Gasteiger partial charge is 0.490 e. The standard InChI is InChI=1S/C20H22F4N2O2/c1-12(2)5-4-8-28-19-16(20(22,23)24)9-15(10-17(19)21)14-6-7-25-18(11-14)26-13(3)27/h6-7,9-12H,4-5,8H2,1-3H3,(H,25,26,27). The van der Waals surface area contributed by atoms with Crippen molar-refractivity contribution in [2.75, 3.05) is 11.9 Å². The number of alkyl halides is 3. The Morgan fingerprint density at radius 2 is 1.93 bits per heavy atom. The van der Waals surface area contributed by atoms with Crippen LogP contribution in [-0.2, 0) is 11.0 Å². The van der Waals surface area contributed by atoms with E-state index in [9.17, 15) is 22.4 Å². The van der Waals surface area contributed by atoms with Crippen LogP contribution in [0.4, 0.5) is 23.4 Å². The van der Waals surface area contributed by atoms with Gasteiger partial charge >= 0.3 is 6.18 Å². The number of hydrogen-bond donors (Lipinski definition) is 1. The molecule has 1 aromatic carbocycles. The molecular weight excluding hydrogens is 376 g/mol. The second-order valence-corrected chi connectivity index (χ2v) is 6.83. The Kier molecular flexibility index (Phi) is 6.99. The number of amides is 1. The Morgan fingerprint density at radius 3 is 2.54 bits per heavy atom. The first kappa shape index (κ1) is 21.7. The lowest BCUT2D eigenvalue weighted by Gasteiger charge is -2.17. The van der Waals surface area contributed by atoms with E-state index in [4.69, 9.17) is 4.74 Å². The first-order valence-electron chi connectivity index (χ1n) is 8.85. The van der Waals surface area contributed by atoms with E-state index < -0.39 is 23.3 Å². The maximum Gasteiger partial charge on any atom is 0.420 e. The highest BCUT2D eigenvalue weighted by Gasteiger charge is 2.36. The zero-order valence-corrected chi connectivity index (χ0v) is 15.9. The summed E-state index contributed by atoms with van der Waals surface area (Å²) in [4.78, 5) is 15.0. The van der Waals surface area contributed by atoms with Crippen LogP contribution in [0.25, 0.3) is 11.1 Å². The van der Waals surface area contributed by atoms with Gasteiger partial charge in [-0.15, -0.1) is 0 Å². The Labute approximate surface area is 160 Å². The lowest BCUT2D eigenvalue weighted by molar-refractivity contribution is -0.139. The summed E-state index contributed by atoms with van der Waals surface area (Å²) in [6.45, 7) is 5.25. The minimum Gasteiger partial charge on any atom is -0.490 e. The van der Waals surface area contributed by atoms with E-state index in [0.29, 0.717) is 12.3 Å². The number of aromatic nitrogens is 1. The van der Waals surface area contributed by atoms with Crippen molar-refractivity contribution in [3.05, 3.63) is 41.8 Å². The number of pyridine rings is 1. The van der Waals surface area contributed by atoms with E-state index in [-0.39, 0.29) is 29.5 Å². The fourth-order valence-corrected chi connectivity index (χ4v) is 2.64. The number of carbonyl (C=O) groups is 1. The predicted octanol–water partition coefficient (Wildman–Crippen LogP) is 5.68. The van der Waals surface area contributed by atoms with Gasteiger partial charge in [0.1, 0.15) is 11.4 Å². The highest BCUT2D eigenvalue weighted by molar-refractivity contribution is 5.88. The third-order valence-corrected chi connectivity index (χ3v) is 3.92. The van der Waals surface area contributed by atoms with E-state index in [1.807, 2.05) is 13.8 Å². The number of nitrogens with zero attached hydrogens (tertiary/aromatic N) is 1. The molecule has 0 saturated heterocycles. The molecule has 0 radical (unpaired) electrons. The summed E-state index contributed by atoms with van der Waals surface area (Å²) >= 11 is 0. The molecule has 2 rings (SSSR count). The summed E-state index contributed by atoms with van der Waals surface area (Å²) in [6, 6.07) is 4.64. The van der Waals surface area contributed by atoms with E-state index in [0.717, 1.165) is 18.6 Å². The van der Waals surface area contributed by atoms with Crippen molar-refractivity contribution in [3.63, 3.8) is 0 Å². The zero-order chi connectivity index (χ0) is 20.9. The average Bonchev–Trinajstić information content (AvgIpc) is 2.58. The molecule has 2 aromatic rings. The van der Waals surface area contributed by atoms with Gasteiger partial charge in [0, 0.05) is 13.1 Å². The van der Waals surface area contributed by atoms with Crippen LogP contribution in [0.2, 0.25) is 0 Å². The van der Waals surface area contributed by atoms with Gasteiger partial charge in [-0.05, 0) is 54.2 Å². The van der Waals surface area contributed by atoms with Gasteiger partial charge < -0.3 is 10.1 Å². The monoisotopic (exact) mass is 398 g/mol. The Bertz CT molecular complexity index is 835. The maximum absolute atomic E-state index is 14.5. The lowest BCUT2D eigenvalue weighted by Crippen LogP contribution is -2.12. The molecule has 1 N–H and O–H groups in total. The maximum atomic E-state index is 14.5. The van der Waals surface area contributed by atoms with Gasteiger partial charge in [-0.25, -0.2) is 9.37 Å². The van der Waals surface area contributed by atoms with Crippen molar-refractivity contribution < 1.29 is 27.1 Å². The molecule has 0 bridgehead atoms. The summed E-state index contributed by atoms with van der Waals surface area (Å²) in [5.41, 5.74) is -0.882. The number of carbonyl (C=O) groups excluding carboxylic acids is 1. The lowest BCUT2D eigenvalue weighted by atomic mass is 10.0. The Morgan fingerprint density at radius 1 is 1.21 bits per heavy atom. The second kappa shape index (κ2) is 9.03. The molecule has 0 spiro atoms. The van der Waals surface area contributed by atoms with Gasteiger partial charge in [0.05, 0.1) is 6.61 Å². The molecule has 0 saturated carbocycles. The van der Waals surface area contributed by atoms with Crippen molar-refractivity contribution in [1.29, 1.82) is 0 Å². The summed E-state index contributed by atoms with van der Waals surface area (Å²) in [6.07, 6.45) is -2.16. The number of ether oxygens (including phenoxy) is 1. The first-order chi connectivity index (χ1) is 13.1. The Hall–Kier alpha value is -2.64. The van der Waals surface area contributed by atoms with Crippen molar-refractivity contribution in [2.24, 2.45) is 5.92 Å². The third kappa shape index (κ3) is 5.94. The van der Waals surface area contributed by atoms with Gasteiger partial charge in [-0.1, -0.05) is 13.8 Å². The van der Waals surface area contributed by atoms with Crippen molar-refractivity contribution >= 4 is 11.7 Å². The van der Waals surface area contributed by atoms with Gasteiger partial charge in [0.25, 0.3) is 0 Å². The van der Waals surface area contributed by atoms with E-state index >= 15 is 0 Å². The summed E-state index contributed by atoms with van der Waals surface area (Å²) in [7, 11) is 0. The number of halogens is 4. The summed E-state index contributed by atoms with van der Waals surface area (Å²) < 4.78 is 60.2. The zero-order valence-electron chi connectivity index (χ0n) is 15.9. The molecule has 28 heavy (non-hydrogen) atoms. The predicted molar refractivity (Wildman–Crippen MR) is 98.5 cm³/mol. The highest BCUT2D eigenvalue weighted by atomic mass is 19.4. The molecule has 1 amide bonds. The van der Waals surface area contributed by atoms with Crippen LogP contribution in [0.3, 0.4) is 0 Å². The molecular formula is C20H22F4N2O2. The van der Waals surface area contributed by atoms with Crippen LogP contribution in [0.5, 0.6) is 5.75 Å². The van der Waals surface area contributed by atoms with Crippen LogP contribution < -0.4 is 10.1 Å². The highest BCUT2D eigenvalue weighted by Crippen LogP contribution is 2.40. The summed E-state index contributed by atoms with van der Waals surface area (Å²) in [5, 5.41) is 2.44. The van der Waals surface area contributed by atoms with Crippen LogP contribution in [0.15, 0.2) is 30.5 Å². The molecule has 1 heterocycles. The minimum atomic E-state index is -4.78. The molecule has 0 fully saturated rings. The quantitative estimate of drug-likeness (QED) is 0.482. The van der Waals surface area contributed by atoms with Crippen LogP contribution in [-0.4, -0.2) is 17.5 Å². The second-order valence-electron chi connectivity index (χ2n) is 6.83.